The van der Waals surface area contributed by atoms with Crippen molar-refractivity contribution >= 4 is 45.4 Å². The second-order valence-electron chi connectivity index (χ2n) is 6.64. The summed E-state index contributed by atoms with van der Waals surface area (Å²) in [5, 5.41) is 12.5. The molecule has 3 aromatic rings. The van der Waals surface area contributed by atoms with Gasteiger partial charge in [0, 0.05) is 12.1 Å². The van der Waals surface area contributed by atoms with Crippen molar-refractivity contribution in [1.82, 2.24) is 4.90 Å². The molecular formula is C23H16N2O4S. The summed E-state index contributed by atoms with van der Waals surface area (Å²) in [7, 11) is 0. The van der Waals surface area contributed by atoms with Gasteiger partial charge in [-0.2, -0.15) is 0 Å². The zero-order chi connectivity index (χ0) is 21.1. The van der Waals surface area contributed by atoms with Crippen molar-refractivity contribution in [1.29, 1.82) is 0 Å². The quantitative estimate of drug-likeness (QED) is 0.310. The smallest absolute Gasteiger partial charge is 0.268 e. The van der Waals surface area contributed by atoms with Gasteiger partial charge in [0.15, 0.2) is 0 Å². The molecule has 1 fully saturated rings. The molecule has 0 unspecified atom stereocenters. The Balaban J connectivity index is 1.50. The first-order chi connectivity index (χ1) is 14.5. The summed E-state index contributed by atoms with van der Waals surface area (Å²) < 4.78 is 0. The fourth-order valence-corrected chi connectivity index (χ4v) is 3.99. The highest BCUT2D eigenvalue weighted by Gasteiger charge is 2.34. The van der Waals surface area contributed by atoms with E-state index in [1.807, 2.05) is 42.5 Å². The highest BCUT2D eigenvalue weighted by Crippen LogP contribution is 2.33. The molecule has 0 radical (unpaired) electrons. The van der Waals surface area contributed by atoms with Crippen molar-refractivity contribution in [2.45, 2.75) is 6.54 Å². The van der Waals surface area contributed by atoms with Crippen LogP contribution in [0.3, 0.4) is 0 Å². The molecule has 1 aliphatic heterocycles. The standard InChI is InChI=1S/C23H16N2O4S/c26-22-21(10-3-5-16-11-13-19(14-12-16)25(28)29)30-23(27)24(22)15-18-8-4-7-17-6-1-2-9-20(17)18/h1-14H,15H2/b5-3+,21-10-. The Hall–Kier alpha value is -3.71. The third kappa shape index (κ3) is 4.01. The molecule has 1 heterocycles. The van der Waals surface area contributed by atoms with Gasteiger partial charge in [0.2, 0.25) is 0 Å². The molecule has 30 heavy (non-hydrogen) atoms. The van der Waals surface area contributed by atoms with Crippen molar-refractivity contribution in [2.24, 2.45) is 0 Å². The normalized spacial score (nSPS) is 15.6. The van der Waals surface area contributed by atoms with Crippen LogP contribution in [0.4, 0.5) is 10.5 Å². The molecule has 0 aromatic heterocycles. The van der Waals surface area contributed by atoms with Gasteiger partial charge in [-0.05, 0) is 51.9 Å². The topological polar surface area (TPSA) is 80.5 Å². The van der Waals surface area contributed by atoms with Gasteiger partial charge in [-0.25, -0.2) is 0 Å². The molecule has 148 valence electrons. The Morgan fingerprint density at radius 1 is 0.967 bits per heavy atom. The van der Waals surface area contributed by atoms with Crippen LogP contribution in [-0.2, 0) is 11.3 Å². The van der Waals surface area contributed by atoms with Crippen molar-refractivity contribution in [3.63, 3.8) is 0 Å². The first-order valence-electron chi connectivity index (χ1n) is 9.16. The number of non-ortho nitro benzene ring substituents is 1. The zero-order valence-electron chi connectivity index (χ0n) is 15.7. The van der Waals surface area contributed by atoms with E-state index in [2.05, 4.69) is 0 Å². The molecule has 6 nitrogen and oxygen atoms in total. The molecule has 4 rings (SSSR count). The number of imide groups is 1. The van der Waals surface area contributed by atoms with Gasteiger partial charge in [0.1, 0.15) is 0 Å². The van der Waals surface area contributed by atoms with Crippen LogP contribution in [0.15, 0.2) is 83.8 Å². The van der Waals surface area contributed by atoms with Crippen molar-refractivity contribution in [2.75, 3.05) is 0 Å². The Kier molecular flexibility index (Phi) is 5.45. The minimum Gasteiger partial charge on any atom is -0.268 e. The first kappa shape index (κ1) is 19.6. The molecular weight excluding hydrogens is 400 g/mol. The second kappa shape index (κ2) is 8.34. The number of hydrogen-bond acceptors (Lipinski definition) is 5. The lowest BCUT2D eigenvalue weighted by molar-refractivity contribution is -0.384. The lowest BCUT2D eigenvalue weighted by Crippen LogP contribution is -2.27. The molecule has 0 aliphatic carbocycles. The van der Waals surface area contributed by atoms with Crippen molar-refractivity contribution in [3.05, 3.63) is 105 Å². The van der Waals surface area contributed by atoms with Crippen LogP contribution in [-0.4, -0.2) is 21.0 Å². The van der Waals surface area contributed by atoms with Gasteiger partial charge in [0.25, 0.3) is 16.8 Å². The Labute approximate surface area is 176 Å². The largest absolute Gasteiger partial charge is 0.293 e. The highest BCUT2D eigenvalue weighted by molar-refractivity contribution is 8.18. The van der Waals surface area contributed by atoms with Gasteiger partial charge in [-0.1, -0.05) is 54.6 Å². The molecule has 0 saturated carbocycles. The van der Waals surface area contributed by atoms with E-state index in [1.165, 1.54) is 17.0 Å². The molecule has 3 aromatic carbocycles. The number of thioether (sulfide) groups is 1. The second-order valence-corrected chi connectivity index (χ2v) is 7.63. The number of nitro benzene ring substituents is 1. The van der Waals surface area contributed by atoms with E-state index in [-0.39, 0.29) is 23.4 Å². The van der Waals surface area contributed by atoms with Crippen LogP contribution in [0.25, 0.3) is 16.8 Å². The van der Waals surface area contributed by atoms with Crippen LogP contribution >= 0.6 is 11.8 Å². The summed E-state index contributed by atoms with van der Waals surface area (Å²) in [6.07, 6.45) is 4.98. The van der Waals surface area contributed by atoms with E-state index >= 15 is 0 Å². The number of amides is 2. The number of allylic oxidation sites excluding steroid dienone is 2. The summed E-state index contributed by atoms with van der Waals surface area (Å²) in [6.45, 7) is 0.218. The molecule has 7 heteroatoms. The summed E-state index contributed by atoms with van der Waals surface area (Å²) in [5.74, 6) is -0.328. The molecule has 2 amide bonds. The number of benzene rings is 3. The molecule has 1 saturated heterocycles. The maximum absolute atomic E-state index is 12.7. The number of carbonyl (C=O) groups is 2. The molecule has 0 atom stereocenters. The maximum Gasteiger partial charge on any atom is 0.293 e. The van der Waals surface area contributed by atoms with Gasteiger partial charge in [0.05, 0.1) is 16.4 Å². The number of fused-ring (bicyclic) bond motifs is 1. The van der Waals surface area contributed by atoms with E-state index in [1.54, 1.807) is 30.4 Å². The first-order valence-corrected chi connectivity index (χ1v) is 9.98. The number of carbonyl (C=O) groups excluding carboxylic acids is 2. The number of nitrogens with zero attached hydrogens (tertiary/aromatic N) is 2. The van der Waals surface area contributed by atoms with E-state index in [9.17, 15) is 19.7 Å². The summed E-state index contributed by atoms with van der Waals surface area (Å²) in [4.78, 5) is 37.0. The van der Waals surface area contributed by atoms with Crippen LogP contribution in [0.2, 0.25) is 0 Å². The predicted molar refractivity (Wildman–Crippen MR) is 118 cm³/mol. The van der Waals surface area contributed by atoms with E-state index in [0.29, 0.717) is 4.91 Å². The maximum atomic E-state index is 12.7. The Bertz CT molecular complexity index is 1210. The average molecular weight is 416 g/mol. The Morgan fingerprint density at radius 3 is 2.47 bits per heavy atom. The zero-order valence-corrected chi connectivity index (χ0v) is 16.5. The van der Waals surface area contributed by atoms with Crippen LogP contribution < -0.4 is 0 Å². The van der Waals surface area contributed by atoms with Gasteiger partial charge < -0.3 is 0 Å². The molecule has 0 spiro atoms. The summed E-state index contributed by atoms with van der Waals surface area (Å²) >= 11 is 0.906. The van der Waals surface area contributed by atoms with E-state index in [0.717, 1.165) is 33.7 Å². The van der Waals surface area contributed by atoms with Gasteiger partial charge in [-0.15, -0.1) is 0 Å². The summed E-state index contributed by atoms with van der Waals surface area (Å²) in [6, 6.07) is 19.8. The monoisotopic (exact) mass is 416 g/mol. The highest BCUT2D eigenvalue weighted by atomic mass is 32.2. The van der Waals surface area contributed by atoms with Gasteiger partial charge in [-0.3, -0.25) is 24.6 Å². The fourth-order valence-electron chi connectivity index (χ4n) is 3.20. The third-order valence-electron chi connectivity index (χ3n) is 4.72. The SMILES string of the molecule is O=C1S/C(=C\C=C\c2ccc([N+](=O)[O-])cc2)C(=O)N1Cc1cccc2ccccc12. The summed E-state index contributed by atoms with van der Waals surface area (Å²) in [5.41, 5.74) is 1.69. The van der Waals surface area contributed by atoms with Crippen LogP contribution in [0.5, 0.6) is 0 Å². The predicted octanol–water partition coefficient (Wildman–Crippen LogP) is 5.54. The minimum absolute atomic E-state index is 0.0155. The number of rotatable bonds is 5. The number of nitro groups is 1. The number of hydrogen-bond donors (Lipinski definition) is 0. The average Bonchev–Trinajstić information content (AvgIpc) is 3.02. The molecule has 0 bridgehead atoms. The molecule has 1 aliphatic rings. The van der Waals surface area contributed by atoms with Crippen LogP contribution in [0.1, 0.15) is 11.1 Å². The van der Waals surface area contributed by atoms with Crippen molar-refractivity contribution < 1.29 is 14.5 Å². The lowest BCUT2D eigenvalue weighted by atomic mass is 10.0. The fraction of sp³-hybridized carbons (Fsp3) is 0.0435. The minimum atomic E-state index is -0.459. The lowest BCUT2D eigenvalue weighted by Gasteiger charge is -2.14. The van der Waals surface area contributed by atoms with Crippen LogP contribution in [0, 0.1) is 10.1 Å². The third-order valence-corrected chi connectivity index (χ3v) is 5.65. The Morgan fingerprint density at radius 2 is 1.70 bits per heavy atom. The van der Waals surface area contributed by atoms with Crippen molar-refractivity contribution in [3.8, 4) is 0 Å². The van der Waals surface area contributed by atoms with Gasteiger partial charge >= 0.3 is 0 Å². The van der Waals surface area contributed by atoms with E-state index in [4.69, 9.17) is 0 Å². The molecule has 0 N–H and O–H groups in total. The van der Waals surface area contributed by atoms with E-state index < -0.39 is 4.92 Å².